The van der Waals surface area contributed by atoms with Gasteiger partial charge in [-0.15, -0.1) is 0 Å². The average Bonchev–Trinajstić information content (AvgIpc) is 1.41. The van der Waals surface area contributed by atoms with Crippen LogP contribution in [0.2, 0.25) is 0 Å². The summed E-state index contributed by atoms with van der Waals surface area (Å²) in [6.45, 7) is 0. The van der Waals surface area contributed by atoms with Gasteiger partial charge in [-0.2, -0.15) is 0 Å². The zero-order chi connectivity index (χ0) is 4.12. The molecule has 0 spiro atoms. The zero-order valence-electron chi connectivity index (χ0n) is 4.38. The fourth-order valence-electron chi connectivity index (χ4n) is 0.0227. The van der Waals surface area contributed by atoms with Crippen molar-refractivity contribution in [3.8, 4) is 0 Å². The molecule has 0 atom stereocenters. The van der Waals surface area contributed by atoms with Gasteiger partial charge < -0.3 is 21.9 Å². The number of rotatable bonds is 2. The quantitative estimate of drug-likeness (QED) is 0.528. The third-order valence-electron chi connectivity index (χ3n) is 0.111. The monoisotopic (exact) mass is 398 g/mol. The average molecular weight is 398 g/mol. The molecule has 8 N–H and O–H groups in total. The minimum atomic E-state index is -0.448. The molecular weight excluding hydrogens is 390 g/mol. The Bertz CT molecular complexity index is 43.1. The molecule has 0 saturated heterocycles. The van der Waals surface area contributed by atoms with Crippen LogP contribution in [0.3, 0.4) is 0 Å². The van der Waals surface area contributed by atoms with E-state index in [1.807, 2.05) is 5.41 Å². The van der Waals surface area contributed by atoms with E-state index < -0.39 is 38.9 Å². The van der Waals surface area contributed by atoms with Gasteiger partial charge >= 0.3 is 62.1 Å². The van der Waals surface area contributed by atoms with Gasteiger partial charge in [0.05, 0.1) is 0 Å². The van der Waals surface area contributed by atoms with Crippen molar-refractivity contribution in [2.75, 3.05) is 0 Å². The summed E-state index contributed by atoms with van der Waals surface area (Å²) < 4.78 is 0. The molecule has 0 aromatic rings. The first-order valence-corrected chi connectivity index (χ1v) is 19.0. The number of hydrogen-bond donors (Lipinski definition) is 0. The molecule has 0 aliphatic carbocycles. The second kappa shape index (κ2) is 31.6. The summed E-state index contributed by atoms with van der Waals surface area (Å²) in [5, 5.41) is 1.97. The van der Waals surface area contributed by atoms with Crippen LogP contribution in [0.15, 0.2) is 0 Å². The van der Waals surface area contributed by atoms with Gasteiger partial charge in [0.1, 0.15) is 0 Å². The maximum absolute atomic E-state index is 4.78. The Labute approximate surface area is 82.6 Å². The van der Waals surface area contributed by atoms with Gasteiger partial charge in [-0.05, 0) is 0 Å². The second-order valence-corrected chi connectivity index (χ2v) is 30.0. The van der Waals surface area contributed by atoms with Crippen LogP contribution in [-0.2, 0) is 0 Å². The van der Waals surface area contributed by atoms with Crippen LogP contribution in [0.1, 0.15) is 0 Å². The van der Waals surface area contributed by atoms with Crippen LogP contribution in [0.25, 0.3) is 0 Å². The topological polar surface area (TPSA) is 126 Å². The van der Waals surface area contributed by atoms with Crippen LogP contribution in [0, 0.1) is 0 Å². The van der Waals surface area contributed by atoms with E-state index in [4.69, 9.17) is 17.8 Å². The van der Waals surface area contributed by atoms with Gasteiger partial charge in [0.2, 0.25) is 0 Å². The first kappa shape index (κ1) is 30.1. The van der Waals surface area contributed by atoms with Crippen LogP contribution in [0.5, 0.6) is 0 Å². The van der Waals surface area contributed by atoms with Crippen LogP contribution in [-0.4, -0.2) is 60.8 Å². The van der Waals surface area contributed by atoms with Gasteiger partial charge in [0, 0.05) is 0 Å². The summed E-state index contributed by atoms with van der Waals surface area (Å²) in [5.74, 6) is 0. The van der Waals surface area contributed by atoms with Crippen LogP contribution in [0.4, 0.5) is 0 Å². The summed E-state index contributed by atoms with van der Waals surface area (Å²) >= 11 is -0.896. The third kappa shape index (κ3) is 38.0. The van der Waals surface area contributed by atoms with Gasteiger partial charge in [-0.25, -0.2) is 0 Å². The molecule has 9 heavy (non-hydrogen) atoms. The van der Waals surface area contributed by atoms with Gasteiger partial charge in [0.15, 0.2) is 0 Å². The molecule has 0 unspecified atom stereocenters. The molecule has 0 aromatic carbocycles. The fourth-order valence-corrected chi connectivity index (χ4v) is 27.6. The van der Waals surface area contributed by atoms with Gasteiger partial charge in [0.25, 0.3) is 0 Å². The summed E-state index contributed by atoms with van der Waals surface area (Å²) in [4.78, 5) is 0. The van der Waals surface area contributed by atoms with Crippen molar-refractivity contribution in [2.45, 2.75) is 0 Å². The van der Waals surface area contributed by atoms with E-state index in [2.05, 4.69) is 0 Å². The molecule has 0 saturated carbocycles. The van der Waals surface area contributed by atoms with E-state index >= 15 is 0 Å². The molecule has 0 rings (SSSR count). The van der Waals surface area contributed by atoms with E-state index in [0.29, 0.717) is 0 Å². The first-order chi connectivity index (χ1) is 2.41. The SMILES string of the molecule is O.O.O.O.[S]=[In][S][In]=[S]. The van der Waals surface area contributed by atoms with Crippen molar-refractivity contribution in [3.63, 3.8) is 0 Å². The summed E-state index contributed by atoms with van der Waals surface area (Å²) in [6.07, 6.45) is 0. The molecule has 0 bridgehead atoms. The molecule has 0 amide bonds. The van der Waals surface area contributed by atoms with Crippen LogP contribution >= 0.6 is 23.3 Å². The minimum absolute atomic E-state index is 0. The molecule has 0 aromatic heterocycles. The van der Waals surface area contributed by atoms with Crippen molar-refractivity contribution < 1.29 is 21.9 Å². The summed E-state index contributed by atoms with van der Waals surface area (Å²) in [7, 11) is 9.57. The Balaban J connectivity index is -0.0000000133. The van der Waals surface area contributed by atoms with E-state index in [1.54, 1.807) is 0 Å². The fraction of sp³-hybridized carbons (Fsp3) is 0. The van der Waals surface area contributed by atoms with Crippen LogP contribution < -0.4 is 0 Å². The van der Waals surface area contributed by atoms with Crippen molar-refractivity contribution in [2.24, 2.45) is 0 Å². The Morgan fingerprint density at radius 1 is 0.778 bits per heavy atom. The normalized spacial score (nSPS) is 2.67. The first-order valence-electron chi connectivity index (χ1n) is 0.943. The molecule has 56 valence electrons. The maximum atomic E-state index is 4.78. The molecule has 0 fully saturated rings. The molecule has 9 heteroatoms. The van der Waals surface area contributed by atoms with Crippen molar-refractivity contribution in [1.82, 2.24) is 0 Å². The van der Waals surface area contributed by atoms with E-state index in [9.17, 15) is 0 Å². The van der Waals surface area contributed by atoms with E-state index in [-0.39, 0.29) is 21.9 Å². The predicted octanol–water partition coefficient (Wildman–Crippen LogP) is -2.12. The molecule has 0 heterocycles. The van der Waals surface area contributed by atoms with E-state index in [0.717, 1.165) is 0 Å². The van der Waals surface area contributed by atoms with Crippen molar-refractivity contribution in [1.29, 1.82) is 0 Å². The Kier molecular flexibility index (Phi) is 106. The Hall–Kier alpha value is 2.37. The summed E-state index contributed by atoms with van der Waals surface area (Å²) in [6, 6.07) is 0. The second-order valence-electron chi connectivity index (χ2n) is 0.329. The van der Waals surface area contributed by atoms with E-state index in [1.165, 1.54) is 0 Å². The number of hydrogen-bond acceptors (Lipinski definition) is 3. The molecule has 0 radical (unpaired) electrons. The molecule has 4 nitrogen and oxygen atoms in total. The van der Waals surface area contributed by atoms with Crippen molar-refractivity contribution in [3.05, 3.63) is 0 Å². The Morgan fingerprint density at radius 3 is 1.00 bits per heavy atom. The third-order valence-corrected chi connectivity index (χ3v) is 45.0. The molecule has 0 aliphatic rings. The summed E-state index contributed by atoms with van der Waals surface area (Å²) in [5.41, 5.74) is 0. The Morgan fingerprint density at radius 2 is 1.00 bits per heavy atom. The zero-order valence-corrected chi connectivity index (χ0v) is 13.4. The molecule has 0 aliphatic heterocycles. The predicted molar refractivity (Wildman–Crippen MR) is 48.7 cm³/mol. The standard InChI is InChI=1S/2In.4H2O.3S/h;;4*1H2;;;. The van der Waals surface area contributed by atoms with Gasteiger partial charge in [-0.3, -0.25) is 0 Å². The van der Waals surface area contributed by atoms with Crippen molar-refractivity contribution >= 4 is 62.1 Å². The van der Waals surface area contributed by atoms with Gasteiger partial charge in [-0.1, -0.05) is 0 Å². The molecular formula is H8In2O4S3.